The van der Waals surface area contributed by atoms with Crippen LogP contribution in [0.3, 0.4) is 0 Å². The summed E-state index contributed by atoms with van der Waals surface area (Å²) < 4.78 is 0. The third kappa shape index (κ3) is 3.82. The molecule has 0 saturated carbocycles. The van der Waals surface area contributed by atoms with Gasteiger partial charge in [-0.25, -0.2) is 0 Å². The van der Waals surface area contributed by atoms with Gasteiger partial charge in [0.15, 0.2) is 0 Å². The minimum absolute atomic E-state index is 1.02. The summed E-state index contributed by atoms with van der Waals surface area (Å²) in [5.74, 6) is 0. The Morgan fingerprint density at radius 2 is 2.21 bits per heavy atom. The van der Waals surface area contributed by atoms with Gasteiger partial charge >= 0.3 is 0 Å². The van der Waals surface area contributed by atoms with Crippen molar-refractivity contribution in [3.8, 4) is 0 Å². The lowest BCUT2D eigenvalue weighted by Gasteiger charge is -2.06. The SMILES string of the molecule is [CH2]CCCc1cccc(NCCC)c1. The highest BCUT2D eigenvalue weighted by molar-refractivity contribution is 5.45. The van der Waals surface area contributed by atoms with E-state index in [9.17, 15) is 0 Å². The Bertz CT molecular complexity index is 232. The minimum Gasteiger partial charge on any atom is -0.385 e. The maximum Gasteiger partial charge on any atom is 0.0342 e. The van der Waals surface area contributed by atoms with Gasteiger partial charge in [0.05, 0.1) is 0 Å². The van der Waals surface area contributed by atoms with Crippen molar-refractivity contribution in [2.75, 3.05) is 11.9 Å². The molecule has 0 saturated heterocycles. The van der Waals surface area contributed by atoms with Gasteiger partial charge in [-0.15, -0.1) is 0 Å². The minimum atomic E-state index is 1.02. The van der Waals surface area contributed by atoms with Crippen LogP contribution >= 0.6 is 0 Å². The van der Waals surface area contributed by atoms with Crippen LogP contribution in [0.2, 0.25) is 0 Å². The van der Waals surface area contributed by atoms with E-state index in [4.69, 9.17) is 0 Å². The molecule has 1 nitrogen and oxygen atoms in total. The molecule has 14 heavy (non-hydrogen) atoms. The van der Waals surface area contributed by atoms with Crippen LogP contribution in [0.4, 0.5) is 5.69 Å². The van der Waals surface area contributed by atoms with Crippen LogP contribution in [-0.4, -0.2) is 6.54 Å². The average Bonchev–Trinajstić information content (AvgIpc) is 2.24. The van der Waals surface area contributed by atoms with Crippen LogP contribution in [0.5, 0.6) is 0 Å². The predicted molar refractivity (Wildman–Crippen MR) is 63.5 cm³/mol. The molecule has 0 spiro atoms. The maximum atomic E-state index is 3.86. The highest BCUT2D eigenvalue weighted by Crippen LogP contribution is 2.12. The first-order valence-corrected chi connectivity index (χ1v) is 5.49. The molecule has 1 radical (unpaired) electrons. The summed E-state index contributed by atoms with van der Waals surface area (Å²) in [6.07, 6.45) is 4.51. The fraction of sp³-hybridized carbons (Fsp3) is 0.462. The van der Waals surface area contributed by atoms with Crippen molar-refractivity contribution >= 4 is 5.69 Å². The van der Waals surface area contributed by atoms with Crippen molar-refractivity contribution in [2.45, 2.75) is 32.6 Å². The third-order valence-corrected chi connectivity index (χ3v) is 2.22. The highest BCUT2D eigenvalue weighted by atomic mass is 14.9. The third-order valence-electron chi connectivity index (χ3n) is 2.22. The number of nitrogens with one attached hydrogen (secondary N) is 1. The molecule has 0 aromatic heterocycles. The van der Waals surface area contributed by atoms with Gasteiger partial charge in [0.2, 0.25) is 0 Å². The zero-order chi connectivity index (χ0) is 10.2. The van der Waals surface area contributed by atoms with E-state index in [1.54, 1.807) is 0 Å². The number of aryl methyl sites for hydroxylation is 1. The standard InChI is InChI=1S/C13H20N/c1-3-5-7-12-8-6-9-13(11-12)14-10-4-2/h6,8-9,11,14H,1,3-5,7,10H2,2H3. The number of benzene rings is 1. The Balaban J connectivity index is 2.50. The summed E-state index contributed by atoms with van der Waals surface area (Å²) in [5.41, 5.74) is 2.66. The topological polar surface area (TPSA) is 12.0 Å². The molecule has 0 atom stereocenters. The first kappa shape index (κ1) is 11.1. The predicted octanol–water partition coefficient (Wildman–Crippen LogP) is 3.67. The number of unbranched alkanes of at least 4 members (excludes halogenated alkanes) is 1. The normalized spacial score (nSPS) is 10.1. The average molecular weight is 190 g/mol. The first-order chi connectivity index (χ1) is 6.86. The van der Waals surface area contributed by atoms with Crippen molar-refractivity contribution in [3.05, 3.63) is 36.8 Å². The van der Waals surface area contributed by atoms with Crippen LogP contribution in [0.1, 0.15) is 31.7 Å². The van der Waals surface area contributed by atoms with Gasteiger partial charge < -0.3 is 5.32 Å². The van der Waals surface area contributed by atoms with Gasteiger partial charge in [0.1, 0.15) is 0 Å². The molecule has 0 amide bonds. The molecule has 1 rings (SSSR count). The van der Waals surface area contributed by atoms with E-state index in [1.807, 2.05) is 0 Å². The molecule has 0 aliphatic heterocycles. The number of hydrogen-bond donors (Lipinski definition) is 1. The second-order valence-corrected chi connectivity index (χ2v) is 3.58. The molecule has 0 bridgehead atoms. The summed E-state index contributed by atoms with van der Waals surface area (Å²) in [6.45, 7) is 7.09. The molecule has 0 fully saturated rings. The Morgan fingerprint density at radius 3 is 2.93 bits per heavy atom. The van der Waals surface area contributed by atoms with Gasteiger partial charge in [-0.1, -0.05) is 32.4 Å². The summed E-state index contributed by atoms with van der Waals surface area (Å²) in [6, 6.07) is 8.68. The second kappa shape index (κ2) is 6.47. The lowest BCUT2D eigenvalue weighted by molar-refractivity contribution is 0.841. The first-order valence-electron chi connectivity index (χ1n) is 5.49. The van der Waals surface area contributed by atoms with E-state index in [0.717, 1.165) is 19.4 Å². The lowest BCUT2D eigenvalue weighted by atomic mass is 10.1. The molecule has 0 heterocycles. The van der Waals surface area contributed by atoms with E-state index in [1.165, 1.54) is 24.1 Å². The monoisotopic (exact) mass is 190 g/mol. The van der Waals surface area contributed by atoms with Crippen LogP contribution in [-0.2, 0) is 6.42 Å². The van der Waals surface area contributed by atoms with Crippen molar-refractivity contribution in [1.29, 1.82) is 0 Å². The molecule has 0 aliphatic carbocycles. The smallest absolute Gasteiger partial charge is 0.0342 e. The Morgan fingerprint density at radius 1 is 1.36 bits per heavy atom. The number of anilines is 1. The largest absolute Gasteiger partial charge is 0.385 e. The molecular formula is C13H20N. The molecule has 77 valence electrons. The highest BCUT2D eigenvalue weighted by Gasteiger charge is 1.94. The summed E-state index contributed by atoms with van der Waals surface area (Å²) in [7, 11) is 0. The quantitative estimate of drug-likeness (QED) is 0.721. The Labute approximate surface area is 87.5 Å². The van der Waals surface area contributed by atoms with E-state index in [2.05, 4.69) is 43.4 Å². The van der Waals surface area contributed by atoms with Gasteiger partial charge in [0, 0.05) is 12.2 Å². The molecule has 1 aromatic rings. The van der Waals surface area contributed by atoms with Crippen LogP contribution in [0.15, 0.2) is 24.3 Å². The fourth-order valence-electron chi connectivity index (χ4n) is 1.44. The van der Waals surface area contributed by atoms with Crippen LogP contribution in [0, 0.1) is 6.92 Å². The number of rotatable bonds is 6. The Kier molecular flexibility index (Phi) is 5.13. The fourth-order valence-corrected chi connectivity index (χ4v) is 1.44. The van der Waals surface area contributed by atoms with E-state index >= 15 is 0 Å². The van der Waals surface area contributed by atoms with Crippen molar-refractivity contribution in [3.63, 3.8) is 0 Å². The van der Waals surface area contributed by atoms with Crippen molar-refractivity contribution in [2.24, 2.45) is 0 Å². The second-order valence-electron chi connectivity index (χ2n) is 3.58. The zero-order valence-corrected chi connectivity index (χ0v) is 9.05. The molecule has 0 unspecified atom stereocenters. The zero-order valence-electron chi connectivity index (χ0n) is 9.05. The van der Waals surface area contributed by atoms with Crippen molar-refractivity contribution < 1.29 is 0 Å². The van der Waals surface area contributed by atoms with E-state index in [-0.39, 0.29) is 0 Å². The Hall–Kier alpha value is -0.980. The van der Waals surface area contributed by atoms with E-state index < -0.39 is 0 Å². The maximum absolute atomic E-state index is 3.86. The van der Waals surface area contributed by atoms with Crippen molar-refractivity contribution in [1.82, 2.24) is 0 Å². The van der Waals surface area contributed by atoms with Gasteiger partial charge in [-0.05, 0) is 37.0 Å². The van der Waals surface area contributed by atoms with Gasteiger partial charge in [0.25, 0.3) is 0 Å². The van der Waals surface area contributed by atoms with E-state index in [0.29, 0.717) is 0 Å². The molecule has 0 aliphatic rings. The summed E-state index contributed by atoms with van der Waals surface area (Å²) in [4.78, 5) is 0. The summed E-state index contributed by atoms with van der Waals surface area (Å²) in [5, 5.41) is 3.40. The van der Waals surface area contributed by atoms with Gasteiger partial charge in [-0.2, -0.15) is 0 Å². The summed E-state index contributed by atoms with van der Waals surface area (Å²) >= 11 is 0. The molecular weight excluding hydrogens is 170 g/mol. The molecule has 1 heteroatoms. The van der Waals surface area contributed by atoms with Crippen LogP contribution < -0.4 is 5.32 Å². The molecule has 1 N–H and O–H groups in total. The van der Waals surface area contributed by atoms with Gasteiger partial charge in [-0.3, -0.25) is 0 Å². The van der Waals surface area contributed by atoms with Crippen LogP contribution in [0.25, 0.3) is 0 Å². The molecule has 1 aromatic carbocycles. The lowest BCUT2D eigenvalue weighted by Crippen LogP contribution is -1.99. The number of hydrogen-bond acceptors (Lipinski definition) is 1.